The van der Waals surface area contributed by atoms with Crippen LogP contribution in [-0.4, -0.2) is 30.1 Å². The van der Waals surface area contributed by atoms with E-state index in [0.29, 0.717) is 11.4 Å². The topological polar surface area (TPSA) is 79.3 Å². The summed E-state index contributed by atoms with van der Waals surface area (Å²) in [5, 5.41) is 11.3. The van der Waals surface area contributed by atoms with E-state index in [2.05, 4.69) is 0 Å². The lowest BCUT2D eigenvalue weighted by Crippen LogP contribution is -2.37. The number of hydrogen-bond donors (Lipinski definition) is 1. The van der Waals surface area contributed by atoms with Crippen molar-refractivity contribution in [3.8, 4) is 11.5 Å². The molecule has 0 radical (unpaired) electrons. The Morgan fingerprint density at radius 2 is 1.55 bits per heavy atom. The van der Waals surface area contributed by atoms with Crippen molar-refractivity contribution in [2.75, 3.05) is 17.1 Å². The summed E-state index contributed by atoms with van der Waals surface area (Å²) in [5.74, 6) is -0.972. The van der Waals surface area contributed by atoms with E-state index in [1.807, 2.05) is 30.3 Å². The summed E-state index contributed by atoms with van der Waals surface area (Å²) in [4.78, 5) is 34.2. The molecule has 2 heterocycles. The molecule has 2 amide bonds. The zero-order valence-electron chi connectivity index (χ0n) is 16.7. The van der Waals surface area contributed by atoms with Gasteiger partial charge in [0.15, 0.2) is 6.10 Å². The Kier molecular flexibility index (Phi) is 4.60. The molecule has 2 aliphatic heterocycles. The number of hydrogen-bond acceptors (Lipinski definition) is 6. The van der Waals surface area contributed by atoms with Gasteiger partial charge in [-0.2, -0.15) is 0 Å². The first kappa shape index (κ1) is 19.1. The zero-order valence-corrected chi connectivity index (χ0v) is 16.7. The van der Waals surface area contributed by atoms with Gasteiger partial charge in [0, 0.05) is 0 Å². The van der Waals surface area contributed by atoms with E-state index >= 15 is 0 Å². The number of hydroxylamine groups is 1. The van der Waals surface area contributed by atoms with Gasteiger partial charge in [0.05, 0.1) is 24.5 Å². The van der Waals surface area contributed by atoms with Crippen LogP contribution in [0.25, 0.3) is 0 Å². The van der Waals surface area contributed by atoms with Gasteiger partial charge in [0.2, 0.25) is 5.91 Å². The number of carbonyl (C=O) groups is 2. The van der Waals surface area contributed by atoms with Gasteiger partial charge in [0.1, 0.15) is 17.4 Å². The van der Waals surface area contributed by atoms with E-state index in [1.165, 1.54) is 7.11 Å². The Labute approximate surface area is 179 Å². The Balaban J connectivity index is 1.60. The monoisotopic (exact) mass is 416 g/mol. The quantitative estimate of drug-likeness (QED) is 0.657. The van der Waals surface area contributed by atoms with Gasteiger partial charge < -0.3 is 9.84 Å². The molecule has 3 aromatic carbocycles. The smallest absolute Gasteiger partial charge is 0.266 e. The second kappa shape index (κ2) is 7.45. The van der Waals surface area contributed by atoms with Crippen LogP contribution >= 0.6 is 0 Å². The van der Waals surface area contributed by atoms with E-state index in [1.54, 1.807) is 53.6 Å². The minimum atomic E-state index is -0.962. The number of anilines is 2. The van der Waals surface area contributed by atoms with Crippen LogP contribution in [0.3, 0.4) is 0 Å². The van der Waals surface area contributed by atoms with E-state index in [-0.39, 0.29) is 11.7 Å². The van der Waals surface area contributed by atoms with Crippen molar-refractivity contribution in [2.24, 2.45) is 5.92 Å². The lowest BCUT2D eigenvalue weighted by molar-refractivity contribution is -0.126. The molecule has 7 heteroatoms. The molecule has 3 aromatic rings. The van der Waals surface area contributed by atoms with E-state index in [4.69, 9.17) is 9.57 Å². The van der Waals surface area contributed by atoms with Crippen LogP contribution in [0, 0.1) is 5.92 Å². The highest BCUT2D eigenvalue weighted by Crippen LogP contribution is 2.48. The minimum absolute atomic E-state index is 0.120. The number of nitrogens with zero attached hydrogens (tertiary/aromatic N) is 2. The largest absolute Gasteiger partial charge is 0.508 e. The van der Waals surface area contributed by atoms with Gasteiger partial charge in [0.25, 0.3) is 5.91 Å². The summed E-state index contributed by atoms with van der Waals surface area (Å²) >= 11 is 0. The van der Waals surface area contributed by atoms with Gasteiger partial charge in [-0.1, -0.05) is 42.5 Å². The molecule has 5 rings (SSSR count). The van der Waals surface area contributed by atoms with Gasteiger partial charge in [-0.15, -0.1) is 0 Å². The first-order valence-electron chi connectivity index (χ1n) is 9.91. The normalized spacial score (nSPS) is 22.7. The maximum atomic E-state index is 13.6. The van der Waals surface area contributed by atoms with Gasteiger partial charge >= 0.3 is 0 Å². The predicted octanol–water partition coefficient (Wildman–Crippen LogP) is 3.45. The number of phenolic OH excluding ortho intramolecular Hbond substituents is 1. The number of methoxy groups -OCH3 is 1. The average Bonchev–Trinajstić information content (AvgIpc) is 3.31. The molecule has 0 aromatic heterocycles. The number of rotatable bonds is 4. The third-order valence-corrected chi connectivity index (χ3v) is 5.69. The number of ether oxygens (including phenoxy) is 1. The Morgan fingerprint density at radius 3 is 2.26 bits per heavy atom. The van der Waals surface area contributed by atoms with Crippen molar-refractivity contribution in [1.82, 2.24) is 0 Å². The third kappa shape index (κ3) is 3.02. The maximum Gasteiger partial charge on any atom is 0.266 e. The molecule has 0 spiro atoms. The fourth-order valence-electron chi connectivity index (χ4n) is 4.28. The standard InChI is InChI=1S/C24H20N2O5/c1-30-19-10-6-5-9-18(19)25-23(28)20-21(15-11-13-17(27)14-12-15)26(31-22(20)24(25)29)16-7-3-2-4-8-16/h2-14,20-22,27H,1H3/t20-,21-,22+/m1/s1. The summed E-state index contributed by atoms with van der Waals surface area (Å²) in [6.07, 6.45) is -0.962. The molecule has 2 aliphatic rings. The molecule has 1 N–H and O–H groups in total. The van der Waals surface area contributed by atoms with Crippen molar-refractivity contribution in [1.29, 1.82) is 0 Å². The predicted molar refractivity (Wildman–Crippen MR) is 114 cm³/mol. The van der Waals surface area contributed by atoms with Crippen LogP contribution in [0.15, 0.2) is 78.9 Å². The van der Waals surface area contributed by atoms with Crippen LogP contribution in [-0.2, 0) is 14.4 Å². The zero-order chi connectivity index (χ0) is 21.5. The highest BCUT2D eigenvalue weighted by molar-refractivity contribution is 6.24. The number of imide groups is 1. The molecular formula is C24H20N2O5. The van der Waals surface area contributed by atoms with Crippen molar-refractivity contribution in [2.45, 2.75) is 12.1 Å². The molecule has 0 unspecified atom stereocenters. The number of benzene rings is 3. The van der Waals surface area contributed by atoms with Crippen LogP contribution in [0.4, 0.5) is 11.4 Å². The van der Waals surface area contributed by atoms with Crippen molar-refractivity contribution < 1.29 is 24.3 Å². The van der Waals surface area contributed by atoms with Gasteiger partial charge in [-0.05, 0) is 42.0 Å². The van der Waals surface area contributed by atoms with Crippen molar-refractivity contribution >= 4 is 23.2 Å². The van der Waals surface area contributed by atoms with Crippen LogP contribution in [0.2, 0.25) is 0 Å². The Bertz CT molecular complexity index is 1130. The summed E-state index contributed by atoms with van der Waals surface area (Å²) in [7, 11) is 1.50. The summed E-state index contributed by atoms with van der Waals surface area (Å²) < 4.78 is 5.37. The van der Waals surface area contributed by atoms with Crippen molar-refractivity contribution in [3.63, 3.8) is 0 Å². The van der Waals surface area contributed by atoms with E-state index < -0.39 is 24.0 Å². The highest BCUT2D eigenvalue weighted by Gasteiger charge is 2.60. The van der Waals surface area contributed by atoms with Gasteiger partial charge in [-0.3, -0.25) is 14.4 Å². The second-order valence-electron chi connectivity index (χ2n) is 7.43. The Morgan fingerprint density at radius 1 is 0.871 bits per heavy atom. The number of fused-ring (bicyclic) bond motifs is 1. The maximum absolute atomic E-state index is 13.6. The minimum Gasteiger partial charge on any atom is -0.508 e. The first-order chi connectivity index (χ1) is 15.1. The molecule has 3 atom stereocenters. The first-order valence-corrected chi connectivity index (χ1v) is 9.91. The second-order valence-corrected chi connectivity index (χ2v) is 7.43. The molecule has 0 aliphatic carbocycles. The molecule has 156 valence electrons. The summed E-state index contributed by atoms with van der Waals surface area (Å²) in [6.45, 7) is 0. The Hall–Kier alpha value is -3.84. The summed E-state index contributed by atoms with van der Waals surface area (Å²) in [6, 6.07) is 22.3. The summed E-state index contributed by atoms with van der Waals surface area (Å²) in [5.41, 5.74) is 1.89. The van der Waals surface area contributed by atoms with E-state index in [0.717, 1.165) is 16.2 Å². The fraction of sp³-hybridized carbons (Fsp3) is 0.167. The van der Waals surface area contributed by atoms with Crippen LogP contribution in [0.5, 0.6) is 11.5 Å². The fourth-order valence-corrected chi connectivity index (χ4v) is 4.28. The third-order valence-electron chi connectivity index (χ3n) is 5.69. The lowest BCUT2D eigenvalue weighted by Gasteiger charge is -2.29. The number of phenols is 1. The molecule has 2 saturated heterocycles. The van der Waals surface area contributed by atoms with E-state index in [9.17, 15) is 14.7 Å². The average molecular weight is 416 g/mol. The highest BCUT2D eigenvalue weighted by atomic mass is 16.7. The molecular weight excluding hydrogens is 396 g/mol. The number of amides is 2. The molecule has 0 saturated carbocycles. The van der Waals surface area contributed by atoms with Gasteiger partial charge in [-0.25, -0.2) is 9.96 Å². The molecule has 31 heavy (non-hydrogen) atoms. The number of para-hydroxylation sites is 3. The lowest BCUT2D eigenvalue weighted by atomic mass is 9.90. The molecule has 7 nitrogen and oxygen atoms in total. The van der Waals surface area contributed by atoms with Crippen molar-refractivity contribution in [3.05, 3.63) is 84.4 Å². The number of aromatic hydroxyl groups is 1. The SMILES string of the molecule is COc1ccccc1N1C(=O)[C@H]2[C@H](ON(c3ccccc3)[C@@H]2c2ccc(O)cc2)C1=O. The molecule has 2 fully saturated rings. The van der Waals surface area contributed by atoms with Crippen LogP contribution < -0.4 is 14.7 Å². The van der Waals surface area contributed by atoms with Crippen LogP contribution in [0.1, 0.15) is 11.6 Å². The number of carbonyl (C=O) groups excluding carboxylic acids is 2. The molecule has 0 bridgehead atoms.